The highest BCUT2D eigenvalue weighted by atomic mass is 16.5. The van der Waals surface area contributed by atoms with Crippen LogP contribution in [0, 0.1) is 0 Å². The molecule has 0 saturated carbocycles. The van der Waals surface area contributed by atoms with Gasteiger partial charge < -0.3 is 24.4 Å². The second-order valence-corrected chi connectivity index (χ2v) is 7.61. The van der Waals surface area contributed by atoms with E-state index in [1.54, 1.807) is 32.4 Å². The first-order chi connectivity index (χ1) is 15.5. The number of rotatable bonds is 10. The molecule has 0 aromatic heterocycles. The molecule has 6 heteroatoms. The Morgan fingerprint density at radius 1 is 0.906 bits per heavy atom. The Balaban J connectivity index is 1.67. The SMILES string of the molecule is COc1cccc(C(CNC(=O)c2ccc(OCc3ccccc3)c(OC)c2)N(C)C)c1. The maximum absolute atomic E-state index is 12.8. The lowest BCUT2D eigenvalue weighted by Crippen LogP contribution is -2.34. The fourth-order valence-electron chi connectivity index (χ4n) is 3.40. The van der Waals surface area contributed by atoms with Crippen LogP contribution in [-0.4, -0.2) is 45.7 Å². The van der Waals surface area contributed by atoms with Crippen LogP contribution in [-0.2, 0) is 6.61 Å². The zero-order valence-corrected chi connectivity index (χ0v) is 19.0. The second-order valence-electron chi connectivity index (χ2n) is 7.61. The number of nitrogens with zero attached hydrogens (tertiary/aromatic N) is 1. The molecule has 1 unspecified atom stereocenters. The molecule has 1 N–H and O–H groups in total. The van der Waals surface area contributed by atoms with E-state index in [0.29, 0.717) is 30.2 Å². The van der Waals surface area contributed by atoms with Crippen LogP contribution in [0.2, 0.25) is 0 Å². The van der Waals surface area contributed by atoms with Crippen molar-refractivity contribution in [3.63, 3.8) is 0 Å². The van der Waals surface area contributed by atoms with Crippen LogP contribution in [0.15, 0.2) is 72.8 Å². The average Bonchev–Trinajstić information content (AvgIpc) is 2.83. The number of carbonyl (C=O) groups is 1. The number of amides is 1. The van der Waals surface area contributed by atoms with E-state index in [9.17, 15) is 4.79 Å². The summed E-state index contributed by atoms with van der Waals surface area (Å²) in [7, 11) is 7.18. The van der Waals surface area contributed by atoms with Gasteiger partial charge in [0.2, 0.25) is 0 Å². The summed E-state index contributed by atoms with van der Waals surface area (Å²) in [5.41, 5.74) is 2.64. The molecule has 3 rings (SSSR count). The zero-order chi connectivity index (χ0) is 22.9. The van der Waals surface area contributed by atoms with Crippen molar-refractivity contribution in [3.05, 3.63) is 89.5 Å². The Morgan fingerprint density at radius 3 is 2.38 bits per heavy atom. The molecule has 3 aromatic rings. The van der Waals surface area contributed by atoms with Gasteiger partial charge in [-0.3, -0.25) is 4.79 Å². The van der Waals surface area contributed by atoms with E-state index in [4.69, 9.17) is 14.2 Å². The van der Waals surface area contributed by atoms with Gasteiger partial charge in [0.15, 0.2) is 11.5 Å². The predicted molar refractivity (Wildman–Crippen MR) is 126 cm³/mol. The van der Waals surface area contributed by atoms with Gasteiger partial charge in [0, 0.05) is 12.1 Å². The van der Waals surface area contributed by atoms with Crippen molar-refractivity contribution in [3.8, 4) is 17.2 Å². The van der Waals surface area contributed by atoms with Crippen molar-refractivity contribution in [1.29, 1.82) is 0 Å². The van der Waals surface area contributed by atoms with Gasteiger partial charge in [-0.15, -0.1) is 0 Å². The smallest absolute Gasteiger partial charge is 0.251 e. The largest absolute Gasteiger partial charge is 0.497 e. The van der Waals surface area contributed by atoms with Crippen LogP contribution in [0.1, 0.15) is 27.5 Å². The van der Waals surface area contributed by atoms with Crippen molar-refractivity contribution in [2.45, 2.75) is 12.6 Å². The normalized spacial score (nSPS) is 11.7. The van der Waals surface area contributed by atoms with Gasteiger partial charge in [0.1, 0.15) is 12.4 Å². The molecule has 0 heterocycles. The van der Waals surface area contributed by atoms with E-state index < -0.39 is 0 Å². The van der Waals surface area contributed by atoms with E-state index in [0.717, 1.165) is 16.9 Å². The summed E-state index contributed by atoms with van der Waals surface area (Å²) in [5, 5.41) is 3.03. The third-order valence-electron chi connectivity index (χ3n) is 5.22. The highest BCUT2D eigenvalue weighted by Gasteiger charge is 2.17. The molecule has 0 bridgehead atoms. The van der Waals surface area contributed by atoms with Crippen molar-refractivity contribution in [1.82, 2.24) is 10.2 Å². The fraction of sp³-hybridized carbons (Fsp3) is 0.269. The number of hydrogen-bond acceptors (Lipinski definition) is 5. The predicted octanol–water partition coefficient (Wildman–Crippen LogP) is 4.32. The Kier molecular flexibility index (Phi) is 8.11. The minimum Gasteiger partial charge on any atom is -0.497 e. The van der Waals surface area contributed by atoms with E-state index in [-0.39, 0.29) is 11.9 Å². The average molecular weight is 435 g/mol. The van der Waals surface area contributed by atoms with E-state index in [1.807, 2.05) is 68.7 Å². The number of ether oxygens (including phenoxy) is 3. The van der Waals surface area contributed by atoms with Gasteiger partial charge in [-0.25, -0.2) is 0 Å². The van der Waals surface area contributed by atoms with E-state index in [2.05, 4.69) is 10.2 Å². The van der Waals surface area contributed by atoms with Crippen molar-refractivity contribution in [2.24, 2.45) is 0 Å². The molecule has 1 atom stereocenters. The quantitative estimate of drug-likeness (QED) is 0.515. The first kappa shape index (κ1) is 23.2. The molecule has 0 aliphatic heterocycles. The number of nitrogens with one attached hydrogen (secondary N) is 1. The summed E-state index contributed by atoms with van der Waals surface area (Å²) in [6.45, 7) is 0.876. The Morgan fingerprint density at radius 2 is 1.69 bits per heavy atom. The van der Waals surface area contributed by atoms with Gasteiger partial charge in [-0.05, 0) is 55.6 Å². The summed E-state index contributed by atoms with van der Waals surface area (Å²) in [4.78, 5) is 14.9. The van der Waals surface area contributed by atoms with Crippen molar-refractivity contribution < 1.29 is 19.0 Å². The Hall–Kier alpha value is -3.51. The zero-order valence-electron chi connectivity index (χ0n) is 19.0. The standard InChI is InChI=1S/C26H30N2O4/c1-28(2)23(20-11-8-12-22(15-20)30-3)17-27-26(29)21-13-14-24(25(16-21)31-4)32-18-19-9-6-5-7-10-19/h5-16,23H,17-18H2,1-4H3,(H,27,29). The van der Waals surface area contributed by atoms with Gasteiger partial charge in [-0.1, -0.05) is 42.5 Å². The van der Waals surface area contributed by atoms with Crippen LogP contribution in [0.3, 0.4) is 0 Å². The minimum atomic E-state index is -0.173. The summed E-state index contributed by atoms with van der Waals surface area (Å²) in [6, 6.07) is 23.0. The van der Waals surface area contributed by atoms with Crippen LogP contribution >= 0.6 is 0 Å². The molecular formula is C26H30N2O4. The maximum atomic E-state index is 12.8. The number of benzene rings is 3. The highest BCUT2D eigenvalue weighted by molar-refractivity contribution is 5.94. The van der Waals surface area contributed by atoms with Crippen LogP contribution in [0.25, 0.3) is 0 Å². The molecule has 0 radical (unpaired) electrons. The van der Waals surface area contributed by atoms with Gasteiger partial charge in [0.05, 0.1) is 20.3 Å². The first-order valence-electron chi connectivity index (χ1n) is 10.4. The molecule has 0 spiro atoms. The van der Waals surface area contributed by atoms with Gasteiger partial charge >= 0.3 is 0 Å². The lowest BCUT2D eigenvalue weighted by Gasteiger charge is -2.25. The van der Waals surface area contributed by atoms with Crippen molar-refractivity contribution >= 4 is 5.91 Å². The summed E-state index contributed by atoms with van der Waals surface area (Å²) >= 11 is 0. The molecule has 6 nitrogen and oxygen atoms in total. The second kappa shape index (κ2) is 11.2. The minimum absolute atomic E-state index is 0.00410. The Bertz CT molecular complexity index is 1020. The summed E-state index contributed by atoms with van der Waals surface area (Å²) in [6.07, 6.45) is 0. The van der Waals surface area contributed by atoms with E-state index >= 15 is 0 Å². The maximum Gasteiger partial charge on any atom is 0.251 e. The summed E-state index contributed by atoms with van der Waals surface area (Å²) in [5.74, 6) is 1.73. The lowest BCUT2D eigenvalue weighted by molar-refractivity contribution is 0.0941. The molecule has 168 valence electrons. The van der Waals surface area contributed by atoms with Gasteiger partial charge in [0.25, 0.3) is 5.91 Å². The third-order valence-corrected chi connectivity index (χ3v) is 5.22. The molecule has 3 aromatic carbocycles. The number of carbonyl (C=O) groups excluding carboxylic acids is 1. The molecule has 32 heavy (non-hydrogen) atoms. The molecular weight excluding hydrogens is 404 g/mol. The number of hydrogen-bond donors (Lipinski definition) is 1. The third kappa shape index (κ3) is 6.02. The molecule has 1 amide bonds. The van der Waals surface area contributed by atoms with Crippen molar-refractivity contribution in [2.75, 3.05) is 34.9 Å². The fourth-order valence-corrected chi connectivity index (χ4v) is 3.40. The topological polar surface area (TPSA) is 60.0 Å². The Labute approximate surface area is 189 Å². The van der Waals surface area contributed by atoms with Gasteiger partial charge in [-0.2, -0.15) is 0 Å². The van der Waals surface area contributed by atoms with E-state index in [1.165, 1.54) is 0 Å². The van der Waals surface area contributed by atoms with Crippen LogP contribution in [0.5, 0.6) is 17.2 Å². The molecule has 0 saturated heterocycles. The lowest BCUT2D eigenvalue weighted by atomic mass is 10.1. The van der Waals surface area contributed by atoms with Crippen LogP contribution < -0.4 is 19.5 Å². The summed E-state index contributed by atoms with van der Waals surface area (Å²) < 4.78 is 16.7. The molecule has 0 aliphatic rings. The highest BCUT2D eigenvalue weighted by Crippen LogP contribution is 2.29. The monoisotopic (exact) mass is 434 g/mol. The number of likely N-dealkylation sites (N-methyl/N-ethyl adjacent to an activating group) is 1. The number of methoxy groups -OCH3 is 2. The molecule has 0 fully saturated rings. The van der Waals surface area contributed by atoms with Crippen LogP contribution in [0.4, 0.5) is 0 Å². The molecule has 0 aliphatic carbocycles. The first-order valence-corrected chi connectivity index (χ1v) is 10.4.